The van der Waals surface area contributed by atoms with Gasteiger partial charge in [-0.15, -0.1) is 0 Å². The minimum absolute atomic E-state index is 0.107. The number of carbonyl (C=O) groups excluding carboxylic acids is 1. The van der Waals surface area contributed by atoms with Crippen LogP contribution in [0.1, 0.15) is 33.6 Å². The van der Waals surface area contributed by atoms with E-state index >= 15 is 0 Å². The Morgan fingerprint density at radius 2 is 2.08 bits per heavy atom. The highest BCUT2D eigenvalue weighted by molar-refractivity contribution is 7.99. The Morgan fingerprint density at radius 3 is 2.54 bits per heavy atom. The average molecular weight is 204 g/mol. The first-order chi connectivity index (χ1) is 6.10. The van der Waals surface area contributed by atoms with E-state index in [2.05, 4.69) is 25.5 Å². The lowest BCUT2D eigenvalue weighted by Gasteiger charge is -2.12. The van der Waals surface area contributed by atoms with Gasteiger partial charge in [0.05, 0.1) is 13.5 Å². The molecule has 0 saturated heterocycles. The van der Waals surface area contributed by atoms with Crippen molar-refractivity contribution in [2.24, 2.45) is 5.92 Å². The Hall–Kier alpha value is -0.180. The van der Waals surface area contributed by atoms with Crippen LogP contribution in [-0.2, 0) is 9.53 Å². The third-order valence-electron chi connectivity index (χ3n) is 2.04. The fourth-order valence-electron chi connectivity index (χ4n) is 0.823. The van der Waals surface area contributed by atoms with E-state index in [1.807, 2.05) is 11.8 Å². The normalized spacial score (nSPS) is 15.1. The van der Waals surface area contributed by atoms with E-state index in [4.69, 9.17) is 0 Å². The van der Waals surface area contributed by atoms with Crippen molar-refractivity contribution in [2.75, 3.05) is 12.9 Å². The Kier molecular flexibility index (Phi) is 7.14. The molecule has 0 aromatic rings. The first kappa shape index (κ1) is 12.8. The zero-order valence-electron chi connectivity index (χ0n) is 9.00. The molecule has 0 aliphatic heterocycles. The molecule has 13 heavy (non-hydrogen) atoms. The molecule has 0 radical (unpaired) electrons. The topological polar surface area (TPSA) is 26.3 Å². The van der Waals surface area contributed by atoms with Crippen molar-refractivity contribution >= 4 is 17.7 Å². The summed E-state index contributed by atoms with van der Waals surface area (Å²) in [5.41, 5.74) is 0. The molecule has 0 aliphatic carbocycles. The van der Waals surface area contributed by atoms with Gasteiger partial charge < -0.3 is 4.74 Å². The number of hydrogen-bond acceptors (Lipinski definition) is 3. The van der Waals surface area contributed by atoms with E-state index in [1.165, 1.54) is 13.5 Å². The number of carbonyl (C=O) groups is 1. The summed E-state index contributed by atoms with van der Waals surface area (Å²) in [4.78, 5) is 10.9. The fourth-order valence-corrected chi connectivity index (χ4v) is 1.97. The van der Waals surface area contributed by atoms with Crippen LogP contribution in [-0.4, -0.2) is 24.1 Å². The SMILES string of the molecule is CCC(C)CSC(C)CC(=O)OC. The van der Waals surface area contributed by atoms with Gasteiger partial charge in [-0.2, -0.15) is 11.8 Å². The number of thioether (sulfide) groups is 1. The smallest absolute Gasteiger partial charge is 0.306 e. The van der Waals surface area contributed by atoms with Gasteiger partial charge in [0.2, 0.25) is 0 Å². The molecule has 0 fully saturated rings. The zero-order chi connectivity index (χ0) is 10.3. The zero-order valence-corrected chi connectivity index (χ0v) is 9.82. The summed E-state index contributed by atoms with van der Waals surface area (Å²) in [6, 6.07) is 0. The second kappa shape index (κ2) is 7.25. The molecule has 0 N–H and O–H groups in total. The van der Waals surface area contributed by atoms with Gasteiger partial charge in [0.15, 0.2) is 0 Å². The Labute approximate surface area is 85.4 Å². The summed E-state index contributed by atoms with van der Waals surface area (Å²) in [5.74, 6) is 1.77. The van der Waals surface area contributed by atoms with Crippen LogP contribution in [0.15, 0.2) is 0 Å². The molecule has 3 heteroatoms. The number of hydrogen-bond donors (Lipinski definition) is 0. The molecule has 0 heterocycles. The predicted molar refractivity (Wildman–Crippen MR) is 58.0 cm³/mol. The van der Waals surface area contributed by atoms with Crippen LogP contribution < -0.4 is 0 Å². The highest BCUT2D eigenvalue weighted by Gasteiger charge is 2.10. The van der Waals surface area contributed by atoms with E-state index in [1.54, 1.807) is 0 Å². The fraction of sp³-hybridized carbons (Fsp3) is 0.900. The summed E-state index contributed by atoms with van der Waals surface area (Å²) in [7, 11) is 1.44. The third-order valence-corrected chi connectivity index (χ3v) is 3.54. The molecular weight excluding hydrogens is 184 g/mol. The predicted octanol–water partition coefficient (Wildman–Crippen LogP) is 2.72. The van der Waals surface area contributed by atoms with E-state index in [0.29, 0.717) is 11.7 Å². The standard InChI is InChI=1S/C10H20O2S/c1-5-8(2)7-13-9(3)6-10(11)12-4/h8-9H,5-7H2,1-4H3. The first-order valence-corrected chi connectivity index (χ1v) is 5.83. The lowest BCUT2D eigenvalue weighted by molar-refractivity contribution is -0.140. The summed E-state index contributed by atoms with van der Waals surface area (Å²) in [6.07, 6.45) is 1.73. The lowest BCUT2D eigenvalue weighted by atomic mass is 10.2. The van der Waals surface area contributed by atoms with E-state index in [-0.39, 0.29) is 5.97 Å². The van der Waals surface area contributed by atoms with Crippen molar-refractivity contribution in [1.82, 2.24) is 0 Å². The van der Waals surface area contributed by atoms with Crippen LogP contribution in [0.3, 0.4) is 0 Å². The molecule has 0 rings (SSSR count). The molecule has 0 amide bonds. The van der Waals surface area contributed by atoms with Gasteiger partial charge in [-0.25, -0.2) is 0 Å². The minimum atomic E-state index is -0.107. The summed E-state index contributed by atoms with van der Waals surface area (Å²) in [5, 5.41) is 0.376. The molecule has 0 aromatic heterocycles. The summed E-state index contributed by atoms with van der Waals surface area (Å²) >= 11 is 1.85. The van der Waals surface area contributed by atoms with Gasteiger partial charge in [0, 0.05) is 5.25 Å². The molecule has 0 aromatic carbocycles. The molecule has 2 unspecified atom stereocenters. The van der Waals surface area contributed by atoms with Crippen LogP contribution in [0, 0.1) is 5.92 Å². The van der Waals surface area contributed by atoms with Gasteiger partial charge in [-0.05, 0) is 11.7 Å². The highest BCUT2D eigenvalue weighted by Crippen LogP contribution is 2.19. The van der Waals surface area contributed by atoms with E-state index in [0.717, 1.165) is 11.7 Å². The molecular formula is C10H20O2S. The van der Waals surface area contributed by atoms with Crippen LogP contribution >= 0.6 is 11.8 Å². The number of esters is 1. The molecule has 78 valence electrons. The van der Waals surface area contributed by atoms with Gasteiger partial charge in [-0.1, -0.05) is 27.2 Å². The molecule has 2 nitrogen and oxygen atoms in total. The third kappa shape index (κ3) is 6.94. The van der Waals surface area contributed by atoms with Crippen molar-refractivity contribution in [1.29, 1.82) is 0 Å². The summed E-state index contributed by atoms with van der Waals surface area (Å²) < 4.78 is 4.60. The van der Waals surface area contributed by atoms with Crippen molar-refractivity contribution in [3.8, 4) is 0 Å². The van der Waals surface area contributed by atoms with Gasteiger partial charge in [0.25, 0.3) is 0 Å². The lowest BCUT2D eigenvalue weighted by Crippen LogP contribution is -2.10. The molecule has 2 atom stereocenters. The maximum Gasteiger partial charge on any atom is 0.306 e. The summed E-state index contributed by atoms with van der Waals surface area (Å²) in [6.45, 7) is 6.50. The number of rotatable bonds is 6. The maximum atomic E-state index is 10.9. The van der Waals surface area contributed by atoms with Gasteiger partial charge in [0.1, 0.15) is 0 Å². The first-order valence-electron chi connectivity index (χ1n) is 4.78. The van der Waals surface area contributed by atoms with Crippen LogP contribution in [0.4, 0.5) is 0 Å². The Balaban J connectivity index is 3.50. The largest absolute Gasteiger partial charge is 0.469 e. The van der Waals surface area contributed by atoms with Crippen LogP contribution in [0.25, 0.3) is 0 Å². The van der Waals surface area contributed by atoms with Crippen LogP contribution in [0.2, 0.25) is 0 Å². The second-order valence-corrected chi connectivity index (χ2v) is 4.91. The van der Waals surface area contributed by atoms with E-state index in [9.17, 15) is 4.79 Å². The highest BCUT2D eigenvalue weighted by atomic mass is 32.2. The van der Waals surface area contributed by atoms with Crippen molar-refractivity contribution < 1.29 is 9.53 Å². The van der Waals surface area contributed by atoms with Gasteiger partial charge in [-0.3, -0.25) is 4.79 Å². The molecule has 0 aliphatic rings. The maximum absolute atomic E-state index is 10.9. The molecule has 0 spiro atoms. The van der Waals surface area contributed by atoms with E-state index < -0.39 is 0 Å². The van der Waals surface area contributed by atoms with Crippen LogP contribution in [0.5, 0.6) is 0 Å². The van der Waals surface area contributed by atoms with Crippen molar-refractivity contribution in [3.05, 3.63) is 0 Å². The van der Waals surface area contributed by atoms with Crippen molar-refractivity contribution in [3.63, 3.8) is 0 Å². The minimum Gasteiger partial charge on any atom is -0.469 e. The number of ether oxygens (including phenoxy) is 1. The quantitative estimate of drug-likeness (QED) is 0.622. The molecule has 0 bridgehead atoms. The monoisotopic (exact) mass is 204 g/mol. The molecule has 0 saturated carbocycles. The Morgan fingerprint density at radius 1 is 1.46 bits per heavy atom. The van der Waals surface area contributed by atoms with Gasteiger partial charge >= 0.3 is 5.97 Å². The number of methoxy groups -OCH3 is 1. The second-order valence-electron chi connectivity index (χ2n) is 3.44. The average Bonchev–Trinajstić information content (AvgIpc) is 2.13. The Bertz CT molecular complexity index is 148. The van der Waals surface area contributed by atoms with Crippen molar-refractivity contribution in [2.45, 2.75) is 38.9 Å².